The van der Waals surface area contributed by atoms with Crippen LogP contribution in [0.1, 0.15) is 57.4 Å². The molecule has 3 aromatic carbocycles. The maximum Gasteiger partial charge on any atom is 0.337 e. The lowest BCUT2D eigenvalue weighted by molar-refractivity contribution is 0.0600. The van der Waals surface area contributed by atoms with E-state index in [0.29, 0.717) is 28.1 Å². The third-order valence-electron chi connectivity index (χ3n) is 5.21. The molecule has 35 heavy (non-hydrogen) atoms. The smallest absolute Gasteiger partial charge is 0.337 e. The Labute approximate surface area is 209 Å². The van der Waals surface area contributed by atoms with E-state index in [1.165, 1.54) is 31.4 Å². The van der Waals surface area contributed by atoms with Crippen LogP contribution in [-0.2, 0) is 10.2 Å². The fourth-order valence-corrected chi connectivity index (χ4v) is 3.39. The van der Waals surface area contributed by atoms with Gasteiger partial charge in [-0.05, 0) is 83.9 Å². The van der Waals surface area contributed by atoms with Crippen molar-refractivity contribution < 1.29 is 19.1 Å². The maximum absolute atomic E-state index is 12.5. The van der Waals surface area contributed by atoms with E-state index in [4.69, 9.17) is 12.2 Å². The van der Waals surface area contributed by atoms with Crippen LogP contribution >= 0.6 is 12.2 Å². The van der Waals surface area contributed by atoms with Gasteiger partial charge < -0.3 is 15.4 Å². The highest BCUT2D eigenvalue weighted by atomic mass is 32.1. The number of rotatable bonds is 5. The molecule has 0 aromatic heterocycles. The Balaban J connectivity index is 1.54. The molecule has 0 saturated carbocycles. The maximum atomic E-state index is 12.5. The molecule has 0 unspecified atom stereocenters. The summed E-state index contributed by atoms with van der Waals surface area (Å²) in [6.45, 7) is 6.37. The van der Waals surface area contributed by atoms with Crippen molar-refractivity contribution in [1.29, 1.82) is 0 Å². The van der Waals surface area contributed by atoms with Crippen LogP contribution in [-0.4, -0.2) is 30.0 Å². The van der Waals surface area contributed by atoms with Crippen molar-refractivity contribution in [3.05, 3.63) is 95.1 Å². The van der Waals surface area contributed by atoms with Gasteiger partial charge in [0.15, 0.2) is 5.11 Å². The Bertz CT molecular complexity index is 1230. The number of hydrogen-bond donors (Lipinski definition) is 3. The molecule has 7 nitrogen and oxygen atoms in total. The summed E-state index contributed by atoms with van der Waals surface area (Å²) in [5.41, 5.74) is 3.71. The van der Waals surface area contributed by atoms with E-state index in [1.807, 2.05) is 24.3 Å². The number of anilines is 2. The summed E-state index contributed by atoms with van der Waals surface area (Å²) in [6, 6.07) is 20.5. The van der Waals surface area contributed by atoms with Gasteiger partial charge in [-0.15, -0.1) is 0 Å². The molecule has 8 heteroatoms. The SMILES string of the molecule is COC(=O)c1ccc(C(=O)NC(=S)Nc2ccc(NC(=O)c3ccc(C(C)(C)C)cc3)cc2)cc1. The van der Waals surface area contributed by atoms with E-state index >= 15 is 0 Å². The lowest BCUT2D eigenvalue weighted by Gasteiger charge is -2.19. The fourth-order valence-electron chi connectivity index (χ4n) is 3.17. The average Bonchev–Trinajstić information content (AvgIpc) is 2.84. The van der Waals surface area contributed by atoms with Gasteiger partial charge in [-0.3, -0.25) is 14.9 Å². The predicted molar refractivity (Wildman–Crippen MR) is 141 cm³/mol. The van der Waals surface area contributed by atoms with Crippen molar-refractivity contribution in [3.63, 3.8) is 0 Å². The van der Waals surface area contributed by atoms with Gasteiger partial charge in [-0.2, -0.15) is 0 Å². The van der Waals surface area contributed by atoms with E-state index in [2.05, 4.69) is 41.5 Å². The van der Waals surface area contributed by atoms with Crippen LogP contribution in [0, 0.1) is 0 Å². The average molecular weight is 490 g/mol. The van der Waals surface area contributed by atoms with Crippen molar-refractivity contribution in [2.45, 2.75) is 26.2 Å². The van der Waals surface area contributed by atoms with Crippen LogP contribution < -0.4 is 16.0 Å². The van der Waals surface area contributed by atoms with Crippen LogP contribution in [0.3, 0.4) is 0 Å². The number of amides is 2. The summed E-state index contributed by atoms with van der Waals surface area (Å²) >= 11 is 5.21. The third-order valence-corrected chi connectivity index (χ3v) is 5.41. The molecule has 180 valence electrons. The highest BCUT2D eigenvalue weighted by Crippen LogP contribution is 2.22. The number of carbonyl (C=O) groups is 3. The highest BCUT2D eigenvalue weighted by molar-refractivity contribution is 7.80. The van der Waals surface area contributed by atoms with Gasteiger partial charge in [0.05, 0.1) is 12.7 Å². The van der Waals surface area contributed by atoms with Crippen molar-refractivity contribution in [3.8, 4) is 0 Å². The van der Waals surface area contributed by atoms with Gasteiger partial charge in [-0.25, -0.2) is 4.79 Å². The first-order valence-electron chi connectivity index (χ1n) is 10.9. The quantitative estimate of drug-likeness (QED) is 0.339. The van der Waals surface area contributed by atoms with Crippen LogP contribution in [0.15, 0.2) is 72.8 Å². The molecule has 3 N–H and O–H groups in total. The van der Waals surface area contributed by atoms with Gasteiger partial charge in [0, 0.05) is 22.5 Å². The normalized spacial score (nSPS) is 10.7. The van der Waals surface area contributed by atoms with E-state index < -0.39 is 11.9 Å². The number of esters is 1. The van der Waals surface area contributed by atoms with E-state index in [0.717, 1.165) is 5.56 Å². The second-order valence-corrected chi connectivity index (χ2v) is 9.24. The largest absolute Gasteiger partial charge is 0.465 e. The molecule has 0 aliphatic carbocycles. The summed E-state index contributed by atoms with van der Waals surface area (Å²) < 4.78 is 4.64. The molecule has 0 spiro atoms. The van der Waals surface area contributed by atoms with Crippen molar-refractivity contribution in [1.82, 2.24) is 5.32 Å². The van der Waals surface area contributed by atoms with Crippen molar-refractivity contribution >= 4 is 46.5 Å². The van der Waals surface area contributed by atoms with Crippen LogP contribution in [0.4, 0.5) is 11.4 Å². The molecular formula is C27H27N3O4S. The molecule has 0 aliphatic heterocycles. The monoisotopic (exact) mass is 489 g/mol. The number of benzene rings is 3. The standard InChI is InChI=1S/C27H27N3O4S/c1-27(2,3)20-11-9-18(10-12-20)23(31)28-21-13-15-22(16-14-21)29-26(35)30-24(32)17-5-7-19(8-6-17)25(33)34-4/h5-16H,1-4H3,(H,28,31)(H2,29,30,32,35). The Kier molecular flexibility index (Phi) is 7.98. The van der Waals surface area contributed by atoms with Gasteiger partial charge in [0.1, 0.15) is 0 Å². The van der Waals surface area contributed by atoms with Crippen LogP contribution in [0.25, 0.3) is 0 Å². The summed E-state index contributed by atoms with van der Waals surface area (Å²) in [7, 11) is 1.29. The Morgan fingerprint density at radius 3 is 1.66 bits per heavy atom. The first-order chi connectivity index (χ1) is 16.6. The molecule has 0 fully saturated rings. The number of ether oxygens (including phenoxy) is 1. The summed E-state index contributed by atoms with van der Waals surface area (Å²) in [5.74, 6) is -1.10. The summed E-state index contributed by atoms with van der Waals surface area (Å²) in [4.78, 5) is 36.4. The molecule has 3 aromatic rings. The molecule has 0 radical (unpaired) electrons. The second-order valence-electron chi connectivity index (χ2n) is 8.84. The predicted octanol–water partition coefficient (Wildman–Crippen LogP) is 5.15. The third kappa shape index (κ3) is 6.97. The van der Waals surface area contributed by atoms with Gasteiger partial charge in [-0.1, -0.05) is 32.9 Å². The molecule has 0 aliphatic rings. The first-order valence-corrected chi connectivity index (χ1v) is 11.3. The van der Waals surface area contributed by atoms with Gasteiger partial charge >= 0.3 is 5.97 Å². The molecule has 0 heterocycles. The number of hydrogen-bond acceptors (Lipinski definition) is 5. The Morgan fingerprint density at radius 1 is 0.686 bits per heavy atom. The number of methoxy groups -OCH3 is 1. The zero-order valence-electron chi connectivity index (χ0n) is 20.0. The van der Waals surface area contributed by atoms with Crippen molar-refractivity contribution in [2.24, 2.45) is 0 Å². The minimum Gasteiger partial charge on any atom is -0.465 e. The van der Waals surface area contributed by atoms with E-state index in [1.54, 1.807) is 24.3 Å². The van der Waals surface area contributed by atoms with Gasteiger partial charge in [0.2, 0.25) is 0 Å². The number of carbonyl (C=O) groups excluding carboxylic acids is 3. The number of thiocarbonyl (C=S) groups is 1. The van der Waals surface area contributed by atoms with E-state index in [9.17, 15) is 14.4 Å². The van der Waals surface area contributed by atoms with E-state index in [-0.39, 0.29) is 16.4 Å². The Morgan fingerprint density at radius 2 is 1.14 bits per heavy atom. The zero-order chi connectivity index (χ0) is 25.6. The fraction of sp³-hybridized carbons (Fsp3) is 0.185. The minimum absolute atomic E-state index is 0.0208. The summed E-state index contributed by atoms with van der Waals surface area (Å²) in [6.07, 6.45) is 0. The zero-order valence-corrected chi connectivity index (χ0v) is 20.8. The van der Waals surface area contributed by atoms with Gasteiger partial charge in [0.25, 0.3) is 11.8 Å². The molecule has 3 rings (SSSR count). The van der Waals surface area contributed by atoms with Crippen LogP contribution in [0.5, 0.6) is 0 Å². The molecule has 2 amide bonds. The second kappa shape index (κ2) is 10.9. The first kappa shape index (κ1) is 25.6. The lowest BCUT2D eigenvalue weighted by Crippen LogP contribution is -2.34. The molecule has 0 bridgehead atoms. The summed E-state index contributed by atoms with van der Waals surface area (Å²) in [5, 5.41) is 8.49. The molecular weight excluding hydrogens is 462 g/mol. The number of nitrogens with one attached hydrogen (secondary N) is 3. The highest BCUT2D eigenvalue weighted by Gasteiger charge is 2.15. The van der Waals surface area contributed by atoms with Crippen LogP contribution in [0.2, 0.25) is 0 Å². The molecule has 0 saturated heterocycles. The van der Waals surface area contributed by atoms with Crippen molar-refractivity contribution in [2.75, 3.05) is 17.7 Å². The minimum atomic E-state index is -0.479. The topological polar surface area (TPSA) is 96.5 Å². The molecule has 0 atom stereocenters. The Hall–Kier alpha value is -4.04. The lowest BCUT2D eigenvalue weighted by atomic mass is 9.87.